The summed E-state index contributed by atoms with van der Waals surface area (Å²) in [5.41, 5.74) is 9.41. The zero-order chi connectivity index (χ0) is 20.3. The fourth-order valence-corrected chi connectivity index (χ4v) is 1.51. The zero-order valence-electron chi connectivity index (χ0n) is 14.1. The average Bonchev–Trinajstić information content (AvgIpc) is 2.49. The molecular formula is C12H22N6O7. The number of hydrogen-bond acceptors (Lipinski definition) is 10. The number of nitrogens with zero attached hydrogens (tertiary/aromatic N) is 3. The number of hydrogen-bond donors (Lipinski definition) is 4. The maximum absolute atomic E-state index is 10.6. The average molecular weight is 362 g/mol. The van der Waals surface area contributed by atoms with E-state index in [0.29, 0.717) is 0 Å². The van der Waals surface area contributed by atoms with Gasteiger partial charge in [0.15, 0.2) is 11.4 Å². The van der Waals surface area contributed by atoms with Crippen LogP contribution >= 0.6 is 0 Å². The summed E-state index contributed by atoms with van der Waals surface area (Å²) >= 11 is 0. The molecule has 0 aliphatic heterocycles. The van der Waals surface area contributed by atoms with Crippen molar-refractivity contribution in [1.29, 1.82) is 0 Å². The molecule has 0 unspecified atom stereocenters. The first kappa shape index (κ1) is 24.0. The molecule has 0 spiro atoms. The molecule has 0 radical (unpaired) electrons. The van der Waals surface area contributed by atoms with Gasteiger partial charge in [-0.25, -0.2) is 0 Å². The minimum absolute atomic E-state index is 0.844. The van der Waals surface area contributed by atoms with Crippen LogP contribution in [-0.4, -0.2) is 26.4 Å². The second-order valence-corrected chi connectivity index (χ2v) is 4.14. The molecular weight excluding hydrogens is 340 g/mol. The van der Waals surface area contributed by atoms with Crippen molar-refractivity contribution in [3.05, 3.63) is 30.3 Å². The van der Waals surface area contributed by atoms with E-state index >= 15 is 0 Å². The first-order chi connectivity index (χ1) is 11.6. The van der Waals surface area contributed by atoms with E-state index in [1.54, 1.807) is 0 Å². The normalized spacial score (nSPS) is 9.12. The largest absolute Gasteiger partial charge is 0.497 e. The molecule has 7 N–H and O–H groups in total. The lowest BCUT2D eigenvalue weighted by atomic mass is 10.1. The van der Waals surface area contributed by atoms with Crippen LogP contribution in [0.4, 0.5) is 28.4 Å². The molecule has 0 saturated heterocycles. The number of phenolic OH excluding ortho intramolecular Hbond substituents is 1. The Morgan fingerprint density at radius 1 is 0.880 bits per heavy atom. The summed E-state index contributed by atoms with van der Waals surface area (Å²) in [6.07, 6.45) is 2.39. The molecule has 0 aliphatic rings. The molecule has 1 aromatic rings. The van der Waals surface area contributed by atoms with Crippen LogP contribution in [0.25, 0.3) is 0 Å². The second-order valence-electron chi connectivity index (χ2n) is 4.14. The number of rotatable bonds is 5. The number of unbranched alkanes of at least 4 members (excludes halogenated alkanes) is 1. The van der Waals surface area contributed by atoms with Crippen molar-refractivity contribution in [2.75, 3.05) is 18.0 Å². The fraction of sp³-hybridized carbons (Fsp3) is 0.500. The van der Waals surface area contributed by atoms with Gasteiger partial charge in [-0.1, -0.05) is 27.2 Å². The van der Waals surface area contributed by atoms with E-state index in [2.05, 4.69) is 6.92 Å². The molecule has 0 aromatic heterocycles. The van der Waals surface area contributed by atoms with Crippen LogP contribution in [0.3, 0.4) is 0 Å². The Balaban J connectivity index is 0. The molecule has 0 atom stereocenters. The van der Waals surface area contributed by atoms with E-state index in [-0.39, 0.29) is 0 Å². The number of phenols is 1. The van der Waals surface area contributed by atoms with E-state index in [9.17, 15) is 35.4 Å². The topological polar surface area (TPSA) is 228 Å². The lowest BCUT2D eigenvalue weighted by Crippen LogP contribution is -2.07. The Bertz CT molecular complexity index is 531. The predicted octanol–water partition coefficient (Wildman–Crippen LogP) is 2.05. The smallest absolute Gasteiger partial charge is 0.347 e. The predicted molar refractivity (Wildman–Crippen MR) is 92.2 cm³/mol. The van der Waals surface area contributed by atoms with E-state index in [1.807, 2.05) is 13.8 Å². The van der Waals surface area contributed by atoms with Crippen molar-refractivity contribution < 1.29 is 19.9 Å². The standard InChI is InChI=1S/C6H5N5O7.C4H11N.C2H6/c7-1-3(9(13)14)2(8)5(11(17)18)6(12)4(1)10(15)16;1-2-3-4-5;1-2/h12H,7-8H2;2-5H2,1H3;1-2H3. The summed E-state index contributed by atoms with van der Waals surface area (Å²) in [5, 5.41) is 41.1. The van der Waals surface area contributed by atoms with Crippen LogP contribution in [0, 0.1) is 30.3 Å². The summed E-state index contributed by atoms with van der Waals surface area (Å²) in [6.45, 7) is 6.98. The Kier molecular flexibility index (Phi) is 10.9. The van der Waals surface area contributed by atoms with Crippen molar-refractivity contribution in [2.45, 2.75) is 33.6 Å². The number of aromatic hydroxyl groups is 1. The summed E-state index contributed by atoms with van der Waals surface area (Å²) in [7, 11) is 0. The highest BCUT2D eigenvalue weighted by Crippen LogP contribution is 2.50. The Morgan fingerprint density at radius 2 is 1.20 bits per heavy atom. The van der Waals surface area contributed by atoms with E-state index in [1.165, 1.54) is 12.8 Å². The van der Waals surface area contributed by atoms with Gasteiger partial charge < -0.3 is 22.3 Å². The van der Waals surface area contributed by atoms with Gasteiger partial charge >= 0.3 is 17.1 Å². The minimum Gasteiger partial charge on any atom is -0.497 e. The number of anilines is 2. The lowest BCUT2D eigenvalue weighted by molar-refractivity contribution is -0.401. The van der Waals surface area contributed by atoms with Gasteiger partial charge in [-0.2, -0.15) is 0 Å². The fourth-order valence-electron chi connectivity index (χ4n) is 1.51. The molecule has 0 amide bonds. The lowest BCUT2D eigenvalue weighted by Gasteiger charge is -2.05. The van der Waals surface area contributed by atoms with Gasteiger partial charge in [0.25, 0.3) is 5.75 Å². The van der Waals surface area contributed by atoms with Crippen LogP contribution in [0.15, 0.2) is 0 Å². The van der Waals surface area contributed by atoms with Crippen LogP contribution < -0.4 is 17.2 Å². The molecule has 1 aromatic carbocycles. The summed E-state index contributed by atoms with van der Waals surface area (Å²) in [6, 6.07) is 0. The van der Waals surface area contributed by atoms with E-state index < -0.39 is 49.0 Å². The number of nitrogen functional groups attached to an aromatic ring is 2. The maximum Gasteiger partial charge on any atom is 0.347 e. The molecule has 142 valence electrons. The molecule has 0 fully saturated rings. The molecule has 1 rings (SSSR count). The second kappa shape index (κ2) is 11.3. The highest BCUT2D eigenvalue weighted by Gasteiger charge is 2.40. The molecule has 13 nitrogen and oxygen atoms in total. The Labute approximate surface area is 142 Å². The van der Waals surface area contributed by atoms with Crippen LogP contribution in [0.5, 0.6) is 5.75 Å². The first-order valence-electron chi connectivity index (χ1n) is 7.18. The summed E-state index contributed by atoms with van der Waals surface area (Å²) in [4.78, 5) is 28.0. The Morgan fingerprint density at radius 3 is 1.36 bits per heavy atom. The van der Waals surface area contributed by atoms with Gasteiger partial charge in [-0.15, -0.1) is 0 Å². The zero-order valence-corrected chi connectivity index (χ0v) is 14.1. The third-order valence-corrected chi connectivity index (χ3v) is 2.57. The third kappa shape index (κ3) is 6.06. The van der Waals surface area contributed by atoms with Gasteiger partial charge in [-0.05, 0) is 13.0 Å². The van der Waals surface area contributed by atoms with Gasteiger partial charge in [0.2, 0.25) is 0 Å². The highest BCUT2D eigenvalue weighted by atomic mass is 16.6. The van der Waals surface area contributed by atoms with Crippen molar-refractivity contribution in [1.82, 2.24) is 0 Å². The van der Waals surface area contributed by atoms with Crippen LogP contribution in [0.2, 0.25) is 0 Å². The quantitative estimate of drug-likeness (QED) is 0.338. The summed E-state index contributed by atoms with van der Waals surface area (Å²) < 4.78 is 0. The van der Waals surface area contributed by atoms with Crippen LogP contribution in [0.1, 0.15) is 33.6 Å². The van der Waals surface area contributed by atoms with E-state index in [4.69, 9.17) is 17.2 Å². The SMILES string of the molecule is CC.CCCCN.Nc1c([N+](=O)[O-])c(N)c([N+](=O)[O-])c(O)c1[N+](=O)[O-]. The van der Waals surface area contributed by atoms with Crippen molar-refractivity contribution in [3.8, 4) is 5.75 Å². The molecule has 0 aliphatic carbocycles. The molecule has 0 heterocycles. The van der Waals surface area contributed by atoms with Crippen molar-refractivity contribution >= 4 is 28.4 Å². The van der Waals surface area contributed by atoms with Gasteiger partial charge in [0.05, 0.1) is 14.8 Å². The summed E-state index contributed by atoms with van der Waals surface area (Å²) in [5.74, 6) is -1.43. The minimum atomic E-state index is -1.43. The van der Waals surface area contributed by atoms with Gasteiger partial charge in [0.1, 0.15) is 0 Å². The third-order valence-electron chi connectivity index (χ3n) is 2.57. The first-order valence-corrected chi connectivity index (χ1v) is 7.18. The number of nitro groups is 3. The molecule has 0 saturated carbocycles. The highest BCUT2D eigenvalue weighted by molar-refractivity contribution is 5.92. The number of nitro benzene ring substituents is 3. The maximum atomic E-state index is 10.6. The number of benzene rings is 1. The van der Waals surface area contributed by atoms with E-state index in [0.717, 1.165) is 6.54 Å². The monoisotopic (exact) mass is 362 g/mol. The number of nitrogens with two attached hydrogens (primary N) is 3. The van der Waals surface area contributed by atoms with Gasteiger partial charge in [-0.3, -0.25) is 30.3 Å². The molecule has 13 heteroatoms. The van der Waals surface area contributed by atoms with Crippen molar-refractivity contribution in [2.24, 2.45) is 5.73 Å². The van der Waals surface area contributed by atoms with Gasteiger partial charge in [0, 0.05) is 0 Å². The Hall–Kier alpha value is -3.22. The van der Waals surface area contributed by atoms with Crippen molar-refractivity contribution in [3.63, 3.8) is 0 Å². The molecule has 0 bridgehead atoms. The van der Waals surface area contributed by atoms with Crippen LogP contribution in [-0.2, 0) is 0 Å². The molecule has 25 heavy (non-hydrogen) atoms.